The number of esters is 1. The van der Waals surface area contributed by atoms with Gasteiger partial charge in [0.1, 0.15) is 5.60 Å². The van der Waals surface area contributed by atoms with E-state index in [2.05, 4.69) is 73.7 Å². The van der Waals surface area contributed by atoms with E-state index < -0.39 is 11.0 Å². The average Bonchev–Trinajstić information content (AvgIpc) is 3.10. The first-order chi connectivity index (χ1) is 15.8. The van der Waals surface area contributed by atoms with Gasteiger partial charge in [-0.05, 0) is 46.6 Å². The second-order valence-corrected chi connectivity index (χ2v) is 10.1. The monoisotopic (exact) mass is 455 g/mol. The summed E-state index contributed by atoms with van der Waals surface area (Å²) in [6, 6.07) is 27.4. The molecule has 0 saturated carbocycles. The van der Waals surface area contributed by atoms with E-state index >= 15 is 0 Å². The molecular weight excluding hydrogens is 424 g/mol. The number of hydrogen-bond acceptors (Lipinski definition) is 3. The van der Waals surface area contributed by atoms with Crippen LogP contribution in [0.1, 0.15) is 61.9 Å². The molecule has 0 amide bonds. The van der Waals surface area contributed by atoms with E-state index in [-0.39, 0.29) is 17.8 Å². The summed E-state index contributed by atoms with van der Waals surface area (Å²) >= 11 is 0. The highest BCUT2D eigenvalue weighted by Gasteiger charge is 2.61. The number of carbonyl (C=O) groups excluding carboxylic acids is 1. The van der Waals surface area contributed by atoms with Crippen LogP contribution in [0.2, 0.25) is 0 Å². The Bertz CT molecular complexity index is 1080. The van der Waals surface area contributed by atoms with Gasteiger partial charge in [0.15, 0.2) is 0 Å². The molecule has 3 radical (unpaired) electrons. The molecule has 0 N–H and O–H groups in total. The van der Waals surface area contributed by atoms with Gasteiger partial charge < -0.3 is 9.16 Å². The van der Waals surface area contributed by atoms with Crippen molar-refractivity contribution in [3.8, 4) is 0 Å². The van der Waals surface area contributed by atoms with Crippen molar-refractivity contribution in [2.45, 2.75) is 57.0 Å². The Labute approximate surface area is 200 Å². The van der Waals surface area contributed by atoms with Crippen molar-refractivity contribution in [2.75, 3.05) is 6.61 Å². The van der Waals surface area contributed by atoms with Gasteiger partial charge >= 0.3 is 5.97 Å². The molecule has 0 saturated heterocycles. The van der Waals surface area contributed by atoms with Gasteiger partial charge in [-0.25, -0.2) is 0 Å². The standard InChI is InChI=1S/C29H31O3Si/c1-5-31-26(30)20-29(32-33)25-17-16-24(27(2,3)4)18-21(25)19-28(29,22-12-8-6-9-13-22)23-14-10-7-11-15-23/h6-18H,5,19-20H2,1-4H3. The summed E-state index contributed by atoms with van der Waals surface area (Å²) in [4.78, 5) is 13.0. The number of carbonyl (C=O) groups is 1. The molecule has 0 spiro atoms. The Morgan fingerprint density at radius 2 is 1.52 bits per heavy atom. The summed E-state index contributed by atoms with van der Waals surface area (Å²) in [5.74, 6) is -0.278. The number of hydrogen-bond donors (Lipinski definition) is 0. The molecule has 0 bridgehead atoms. The molecule has 0 heterocycles. The van der Waals surface area contributed by atoms with Crippen molar-refractivity contribution >= 4 is 16.5 Å². The molecule has 1 aliphatic rings. The van der Waals surface area contributed by atoms with Crippen LogP contribution in [-0.4, -0.2) is 23.1 Å². The van der Waals surface area contributed by atoms with Crippen molar-refractivity contribution in [1.29, 1.82) is 0 Å². The molecule has 0 aromatic heterocycles. The summed E-state index contributed by atoms with van der Waals surface area (Å²) in [5.41, 5.74) is 4.09. The number of benzene rings is 3. The summed E-state index contributed by atoms with van der Waals surface area (Å²) < 4.78 is 11.7. The fourth-order valence-corrected chi connectivity index (χ4v) is 5.74. The molecule has 1 atom stereocenters. The van der Waals surface area contributed by atoms with Crippen LogP contribution in [-0.2, 0) is 36.8 Å². The molecule has 169 valence electrons. The zero-order valence-electron chi connectivity index (χ0n) is 19.9. The molecule has 3 aromatic carbocycles. The maximum atomic E-state index is 13.0. The first-order valence-corrected chi connectivity index (χ1v) is 11.9. The third kappa shape index (κ3) is 3.85. The Morgan fingerprint density at radius 3 is 2.00 bits per heavy atom. The van der Waals surface area contributed by atoms with Crippen LogP contribution in [0.4, 0.5) is 0 Å². The molecular formula is C29H31O3Si. The lowest BCUT2D eigenvalue weighted by Gasteiger charge is -2.46. The number of ether oxygens (including phenoxy) is 1. The Hall–Kier alpha value is -2.69. The SMILES string of the molecule is CCOC(=O)CC1(O[Si])c2ccc(C(C)(C)C)cc2CC1(c1ccccc1)c1ccccc1. The fourth-order valence-electron chi connectivity index (χ4n) is 5.38. The maximum Gasteiger partial charge on any atom is 0.309 e. The van der Waals surface area contributed by atoms with Gasteiger partial charge in [0, 0.05) is 0 Å². The van der Waals surface area contributed by atoms with Gasteiger partial charge in [-0.3, -0.25) is 4.79 Å². The Morgan fingerprint density at radius 1 is 0.939 bits per heavy atom. The minimum Gasteiger partial charge on any atom is -0.466 e. The molecule has 3 nitrogen and oxygen atoms in total. The number of fused-ring (bicyclic) bond motifs is 1. The van der Waals surface area contributed by atoms with Crippen LogP contribution in [0.15, 0.2) is 78.9 Å². The lowest BCUT2D eigenvalue weighted by Crippen LogP contribution is -2.50. The lowest BCUT2D eigenvalue weighted by molar-refractivity contribution is -0.149. The highest BCUT2D eigenvalue weighted by atomic mass is 28.2. The normalized spacial score (nSPS) is 19.2. The highest BCUT2D eigenvalue weighted by Crippen LogP contribution is 2.59. The maximum absolute atomic E-state index is 13.0. The molecule has 0 aliphatic heterocycles. The predicted octanol–water partition coefficient (Wildman–Crippen LogP) is 5.78. The van der Waals surface area contributed by atoms with Gasteiger partial charge in [-0.15, -0.1) is 0 Å². The largest absolute Gasteiger partial charge is 0.466 e. The Balaban J connectivity index is 2.05. The van der Waals surface area contributed by atoms with E-state index in [1.54, 1.807) is 0 Å². The quantitative estimate of drug-likeness (QED) is 0.349. The summed E-state index contributed by atoms with van der Waals surface area (Å²) in [5, 5.41) is 0. The van der Waals surface area contributed by atoms with E-state index in [1.807, 2.05) is 43.3 Å². The molecule has 4 heteroatoms. The summed E-state index contributed by atoms with van der Waals surface area (Å²) in [7, 11) is 3.47. The highest BCUT2D eigenvalue weighted by molar-refractivity contribution is 5.99. The van der Waals surface area contributed by atoms with Crippen LogP contribution < -0.4 is 0 Å². The minimum atomic E-state index is -0.982. The van der Waals surface area contributed by atoms with Crippen LogP contribution >= 0.6 is 0 Å². The molecule has 1 unspecified atom stereocenters. The smallest absolute Gasteiger partial charge is 0.309 e. The van der Waals surface area contributed by atoms with Crippen molar-refractivity contribution in [3.63, 3.8) is 0 Å². The summed E-state index contributed by atoms with van der Waals surface area (Å²) in [6.45, 7) is 8.82. The summed E-state index contributed by atoms with van der Waals surface area (Å²) in [6.07, 6.45) is 0.806. The zero-order chi connectivity index (χ0) is 23.7. The predicted molar refractivity (Wildman–Crippen MR) is 132 cm³/mol. The van der Waals surface area contributed by atoms with Crippen LogP contribution in [0.3, 0.4) is 0 Å². The molecule has 4 rings (SSSR count). The average molecular weight is 456 g/mol. The van der Waals surface area contributed by atoms with Crippen LogP contribution in [0.5, 0.6) is 0 Å². The third-order valence-electron chi connectivity index (χ3n) is 6.96. The molecule has 33 heavy (non-hydrogen) atoms. The first-order valence-electron chi connectivity index (χ1n) is 11.5. The van der Waals surface area contributed by atoms with Crippen molar-refractivity contribution in [3.05, 3.63) is 107 Å². The van der Waals surface area contributed by atoms with Crippen LogP contribution in [0.25, 0.3) is 0 Å². The van der Waals surface area contributed by atoms with Crippen molar-refractivity contribution in [1.82, 2.24) is 0 Å². The van der Waals surface area contributed by atoms with E-state index in [4.69, 9.17) is 9.16 Å². The minimum absolute atomic E-state index is 0.0123. The van der Waals surface area contributed by atoms with E-state index in [9.17, 15) is 4.79 Å². The Kier molecular flexibility index (Phi) is 6.34. The van der Waals surface area contributed by atoms with Gasteiger partial charge in [0.25, 0.3) is 0 Å². The molecule has 3 aromatic rings. The third-order valence-corrected chi connectivity index (χ3v) is 7.31. The molecule has 0 fully saturated rings. The first kappa shape index (κ1) is 23.5. The van der Waals surface area contributed by atoms with E-state index in [0.717, 1.165) is 16.7 Å². The van der Waals surface area contributed by atoms with Gasteiger partial charge in [0.2, 0.25) is 10.5 Å². The van der Waals surface area contributed by atoms with E-state index in [0.29, 0.717) is 13.0 Å². The van der Waals surface area contributed by atoms with Gasteiger partial charge in [0.05, 0.1) is 18.4 Å². The van der Waals surface area contributed by atoms with Crippen molar-refractivity contribution in [2.24, 2.45) is 0 Å². The van der Waals surface area contributed by atoms with Crippen molar-refractivity contribution < 1.29 is 14.0 Å². The zero-order valence-corrected chi connectivity index (χ0v) is 20.9. The lowest BCUT2D eigenvalue weighted by atomic mass is 9.62. The van der Waals surface area contributed by atoms with Gasteiger partial charge in [-0.2, -0.15) is 0 Å². The molecule has 1 aliphatic carbocycles. The number of rotatable bonds is 6. The second kappa shape index (κ2) is 8.92. The topological polar surface area (TPSA) is 35.5 Å². The van der Waals surface area contributed by atoms with Gasteiger partial charge in [-0.1, -0.05) is 99.6 Å². The second-order valence-electron chi connectivity index (χ2n) is 9.85. The fraction of sp³-hybridized carbons (Fsp3) is 0.345. The van der Waals surface area contributed by atoms with Crippen LogP contribution in [0, 0.1) is 0 Å². The van der Waals surface area contributed by atoms with E-state index in [1.165, 1.54) is 11.1 Å².